The van der Waals surface area contributed by atoms with Crippen molar-refractivity contribution in [3.05, 3.63) is 30.6 Å². The molecule has 4 heteroatoms. The normalized spacial score (nSPS) is 10.9. The van der Waals surface area contributed by atoms with Crippen LogP contribution in [-0.4, -0.2) is 21.3 Å². The van der Waals surface area contributed by atoms with Crippen LogP contribution < -0.4 is 5.32 Å². The summed E-state index contributed by atoms with van der Waals surface area (Å²) < 4.78 is 1.93. The molecule has 0 saturated carbocycles. The van der Waals surface area contributed by atoms with Gasteiger partial charge >= 0.3 is 0 Å². The molecule has 0 aliphatic heterocycles. The van der Waals surface area contributed by atoms with Crippen LogP contribution in [0.3, 0.4) is 0 Å². The Hall–Kier alpha value is -1.84. The highest BCUT2D eigenvalue weighted by molar-refractivity contribution is 5.62. The molecule has 1 aromatic heterocycles. The Labute approximate surface area is 114 Å². The average Bonchev–Trinajstić information content (AvgIpc) is 2.86. The summed E-state index contributed by atoms with van der Waals surface area (Å²) >= 11 is 0. The van der Waals surface area contributed by atoms with Crippen molar-refractivity contribution in [2.75, 3.05) is 11.9 Å². The minimum atomic E-state index is 0.735. The van der Waals surface area contributed by atoms with Gasteiger partial charge in [-0.05, 0) is 18.1 Å². The molecule has 0 fully saturated rings. The summed E-state index contributed by atoms with van der Waals surface area (Å²) in [6.07, 6.45) is 4.15. The van der Waals surface area contributed by atoms with E-state index in [9.17, 15) is 0 Å². The van der Waals surface area contributed by atoms with Gasteiger partial charge in [-0.3, -0.25) is 0 Å². The highest BCUT2D eigenvalue weighted by atomic mass is 15.2. The summed E-state index contributed by atoms with van der Waals surface area (Å²) in [5, 5.41) is 11.6. The van der Waals surface area contributed by atoms with Gasteiger partial charge in [0.1, 0.15) is 6.33 Å². The number of anilines is 1. The molecule has 0 radical (unpaired) electrons. The summed E-state index contributed by atoms with van der Waals surface area (Å²) in [4.78, 5) is 0. The zero-order valence-corrected chi connectivity index (χ0v) is 11.9. The van der Waals surface area contributed by atoms with Crippen molar-refractivity contribution < 1.29 is 0 Å². The predicted octanol–water partition coefficient (Wildman–Crippen LogP) is 3.33. The molecular formula is C15H22N4. The smallest absolute Gasteiger partial charge is 0.163 e. The fourth-order valence-corrected chi connectivity index (χ4v) is 2.15. The summed E-state index contributed by atoms with van der Waals surface area (Å²) in [5.41, 5.74) is 2.24. The van der Waals surface area contributed by atoms with Crippen molar-refractivity contribution in [2.45, 2.75) is 26.7 Å². The third-order valence-electron chi connectivity index (χ3n) is 3.58. The number of benzene rings is 1. The van der Waals surface area contributed by atoms with Crippen LogP contribution in [-0.2, 0) is 7.05 Å². The maximum absolute atomic E-state index is 4.14. The molecule has 1 N–H and O–H groups in total. The van der Waals surface area contributed by atoms with Gasteiger partial charge in [0.2, 0.25) is 0 Å². The highest BCUT2D eigenvalue weighted by Crippen LogP contribution is 2.20. The van der Waals surface area contributed by atoms with E-state index in [2.05, 4.69) is 53.6 Å². The van der Waals surface area contributed by atoms with E-state index in [4.69, 9.17) is 0 Å². The maximum atomic E-state index is 4.14. The lowest BCUT2D eigenvalue weighted by molar-refractivity contribution is 0.519. The third kappa shape index (κ3) is 3.34. The first-order chi connectivity index (χ1) is 9.24. The molecule has 0 bridgehead atoms. The summed E-state index contributed by atoms with van der Waals surface area (Å²) in [6, 6.07) is 8.35. The third-order valence-corrected chi connectivity index (χ3v) is 3.58. The van der Waals surface area contributed by atoms with E-state index >= 15 is 0 Å². The fraction of sp³-hybridized carbons (Fsp3) is 0.467. The quantitative estimate of drug-likeness (QED) is 0.864. The van der Waals surface area contributed by atoms with Gasteiger partial charge in [0.15, 0.2) is 5.82 Å². The van der Waals surface area contributed by atoms with Crippen LogP contribution in [0, 0.1) is 5.92 Å². The van der Waals surface area contributed by atoms with Crippen LogP contribution >= 0.6 is 0 Å². The van der Waals surface area contributed by atoms with Crippen LogP contribution in [0.4, 0.5) is 5.69 Å². The van der Waals surface area contributed by atoms with Gasteiger partial charge in [0.05, 0.1) is 0 Å². The van der Waals surface area contributed by atoms with Gasteiger partial charge in [-0.1, -0.05) is 38.8 Å². The lowest BCUT2D eigenvalue weighted by Gasteiger charge is -2.14. The SMILES string of the molecule is CCC(CC)CNc1cccc(-c2nncn2C)c1. The van der Waals surface area contributed by atoms with Crippen molar-refractivity contribution in [3.8, 4) is 11.4 Å². The molecule has 4 nitrogen and oxygen atoms in total. The van der Waals surface area contributed by atoms with Crippen molar-refractivity contribution in [2.24, 2.45) is 13.0 Å². The summed E-state index contributed by atoms with van der Waals surface area (Å²) in [7, 11) is 1.96. The number of rotatable bonds is 6. The Morgan fingerprint density at radius 1 is 1.26 bits per heavy atom. The molecular weight excluding hydrogens is 236 g/mol. The van der Waals surface area contributed by atoms with E-state index in [-0.39, 0.29) is 0 Å². The van der Waals surface area contributed by atoms with Crippen LogP contribution in [0.2, 0.25) is 0 Å². The van der Waals surface area contributed by atoms with Crippen LogP contribution in [0.15, 0.2) is 30.6 Å². The topological polar surface area (TPSA) is 42.7 Å². The second-order valence-electron chi connectivity index (χ2n) is 4.91. The largest absolute Gasteiger partial charge is 0.385 e. The molecule has 0 aliphatic carbocycles. The first kappa shape index (κ1) is 13.6. The van der Waals surface area contributed by atoms with Crippen molar-refractivity contribution in [1.82, 2.24) is 14.8 Å². The van der Waals surface area contributed by atoms with E-state index in [1.165, 1.54) is 12.8 Å². The first-order valence-electron chi connectivity index (χ1n) is 6.92. The second kappa shape index (κ2) is 6.36. The minimum absolute atomic E-state index is 0.735. The molecule has 102 valence electrons. The maximum Gasteiger partial charge on any atom is 0.163 e. The van der Waals surface area contributed by atoms with Crippen molar-refractivity contribution in [1.29, 1.82) is 0 Å². The average molecular weight is 258 g/mol. The zero-order chi connectivity index (χ0) is 13.7. The molecule has 0 saturated heterocycles. The minimum Gasteiger partial charge on any atom is -0.385 e. The van der Waals surface area contributed by atoms with Crippen molar-refractivity contribution in [3.63, 3.8) is 0 Å². The molecule has 0 atom stereocenters. The molecule has 0 aliphatic rings. The van der Waals surface area contributed by atoms with E-state index in [0.717, 1.165) is 29.5 Å². The standard InChI is InChI=1S/C15H22N4/c1-4-12(5-2)10-16-14-8-6-7-13(9-14)15-18-17-11-19(15)3/h6-9,11-12,16H,4-5,10H2,1-3H3. The van der Waals surface area contributed by atoms with Gasteiger partial charge in [0, 0.05) is 24.8 Å². The molecule has 2 aromatic rings. The Bertz CT molecular complexity index is 514. The summed E-state index contributed by atoms with van der Waals surface area (Å²) in [5.74, 6) is 1.63. The van der Waals surface area contributed by atoms with Crippen molar-refractivity contribution >= 4 is 5.69 Å². The lowest BCUT2D eigenvalue weighted by Crippen LogP contribution is -2.12. The van der Waals surface area contributed by atoms with Crippen LogP contribution in [0.25, 0.3) is 11.4 Å². The monoisotopic (exact) mass is 258 g/mol. The second-order valence-corrected chi connectivity index (χ2v) is 4.91. The van der Waals surface area contributed by atoms with Gasteiger partial charge < -0.3 is 9.88 Å². The number of nitrogens with zero attached hydrogens (tertiary/aromatic N) is 3. The molecule has 0 spiro atoms. The predicted molar refractivity (Wildman–Crippen MR) is 79.0 cm³/mol. The fourth-order valence-electron chi connectivity index (χ4n) is 2.15. The van der Waals surface area contributed by atoms with E-state index in [0.29, 0.717) is 0 Å². The van der Waals surface area contributed by atoms with Gasteiger partial charge in [0.25, 0.3) is 0 Å². The van der Waals surface area contributed by atoms with Gasteiger partial charge in [-0.2, -0.15) is 0 Å². The number of aromatic nitrogens is 3. The van der Waals surface area contributed by atoms with E-state index in [1.54, 1.807) is 6.33 Å². The summed E-state index contributed by atoms with van der Waals surface area (Å²) in [6.45, 7) is 5.51. The molecule has 19 heavy (non-hydrogen) atoms. The zero-order valence-electron chi connectivity index (χ0n) is 11.9. The Morgan fingerprint density at radius 3 is 2.68 bits per heavy atom. The number of aryl methyl sites for hydroxylation is 1. The van der Waals surface area contributed by atoms with Gasteiger partial charge in [-0.25, -0.2) is 0 Å². The Morgan fingerprint density at radius 2 is 2.05 bits per heavy atom. The highest BCUT2D eigenvalue weighted by Gasteiger charge is 2.06. The van der Waals surface area contributed by atoms with Gasteiger partial charge in [-0.15, -0.1) is 10.2 Å². The number of nitrogens with one attached hydrogen (secondary N) is 1. The Kier molecular flexibility index (Phi) is 4.55. The van der Waals surface area contributed by atoms with E-state index in [1.807, 2.05) is 11.6 Å². The van der Waals surface area contributed by atoms with Crippen LogP contribution in [0.1, 0.15) is 26.7 Å². The molecule has 1 heterocycles. The van der Waals surface area contributed by atoms with Crippen LogP contribution in [0.5, 0.6) is 0 Å². The molecule has 1 aromatic carbocycles. The molecule has 0 amide bonds. The first-order valence-corrected chi connectivity index (χ1v) is 6.92. The number of hydrogen-bond donors (Lipinski definition) is 1. The van der Waals surface area contributed by atoms with E-state index < -0.39 is 0 Å². The number of hydrogen-bond acceptors (Lipinski definition) is 3. The molecule has 2 rings (SSSR count). The molecule has 0 unspecified atom stereocenters. The Balaban J connectivity index is 2.10. The lowest BCUT2D eigenvalue weighted by atomic mass is 10.0.